The lowest BCUT2D eigenvalue weighted by Gasteiger charge is -1.99. The molecular formula is C16H12N6O6. The van der Waals surface area contributed by atoms with Crippen LogP contribution < -0.4 is 10.9 Å². The Morgan fingerprint density at radius 1 is 0.750 bits per heavy atom. The molecule has 2 aromatic carbocycles. The summed E-state index contributed by atoms with van der Waals surface area (Å²) in [7, 11) is 0. The van der Waals surface area contributed by atoms with Crippen LogP contribution in [0.2, 0.25) is 0 Å². The number of hydrogen-bond donors (Lipinski definition) is 2. The van der Waals surface area contributed by atoms with E-state index in [1.165, 1.54) is 36.4 Å². The maximum absolute atomic E-state index is 11.6. The molecule has 12 nitrogen and oxygen atoms in total. The lowest BCUT2D eigenvalue weighted by Crippen LogP contribution is -2.35. The van der Waals surface area contributed by atoms with E-state index in [1.807, 2.05) is 10.9 Å². The summed E-state index contributed by atoms with van der Waals surface area (Å²) in [5, 5.41) is 28.7. The number of hydrogen-bond acceptors (Lipinski definition) is 8. The number of para-hydroxylation sites is 2. The zero-order chi connectivity index (χ0) is 20.5. The van der Waals surface area contributed by atoms with Gasteiger partial charge in [0.25, 0.3) is 11.4 Å². The van der Waals surface area contributed by atoms with Crippen LogP contribution >= 0.6 is 0 Å². The second-order valence-corrected chi connectivity index (χ2v) is 5.03. The zero-order valence-corrected chi connectivity index (χ0v) is 14.0. The van der Waals surface area contributed by atoms with Crippen LogP contribution in [0, 0.1) is 20.2 Å². The minimum atomic E-state index is -1.19. The lowest BCUT2D eigenvalue weighted by atomic mass is 10.2. The first-order chi connectivity index (χ1) is 13.4. The molecule has 0 aliphatic carbocycles. The molecule has 0 bridgehead atoms. The molecule has 2 rings (SSSR count). The van der Waals surface area contributed by atoms with Gasteiger partial charge >= 0.3 is 11.8 Å². The Labute approximate surface area is 156 Å². The van der Waals surface area contributed by atoms with Crippen LogP contribution in [0.25, 0.3) is 0 Å². The molecule has 0 fully saturated rings. The van der Waals surface area contributed by atoms with Gasteiger partial charge in [-0.25, -0.2) is 10.9 Å². The monoisotopic (exact) mass is 384 g/mol. The molecule has 12 heteroatoms. The van der Waals surface area contributed by atoms with E-state index >= 15 is 0 Å². The molecule has 0 heterocycles. The summed E-state index contributed by atoms with van der Waals surface area (Å²) in [5.74, 6) is -2.37. The van der Waals surface area contributed by atoms with Crippen molar-refractivity contribution >= 4 is 35.6 Å². The lowest BCUT2D eigenvalue weighted by molar-refractivity contribution is -0.385. The molecule has 0 saturated heterocycles. The maximum Gasteiger partial charge on any atom is 0.331 e. The first-order valence-electron chi connectivity index (χ1n) is 7.53. The third-order valence-electron chi connectivity index (χ3n) is 3.21. The van der Waals surface area contributed by atoms with Crippen molar-refractivity contribution in [1.82, 2.24) is 10.9 Å². The molecule has 0 aromatic heterocycles. The quantitative estimate of drug-likeness (QED) is 0.327. The summed E-state index contributed by atoms with van der Waals surface area (Å²) in [4.78, 5) is 43.7. The van der Waals surface area contributed by atoms with E-state index in [-0.39, 0.29) is 22.5 Å². The highest BCUT2D eigenvalue weighted by atomic mass is 16.6. The summed E-state index contributed by atoms with van der Waals surface area (Å²) in [6.07, 6.45) is 2.03. The predicted molar refractivity (Wildman–Crippen MR) is 97.7 cm³/mol. The van der Waals surface area contributed by atoms with Gasteiger partial charge in [-0.3, -0.25) is 29.8 Å². The van der Waals surface area contributed by atoms with Gasteiger partial charge in [0.1, 0.15) is 0 Å². The minimum Gasteiger partial charge on any atom is -0.262 e. The molecule has 0 spiro atoms. The molecule has 0 radical (unpaired) electrons. The Bertz CT molecular complexity index is 908. The number of nitrogens with zero attached hydrogens (tertiary/aromatic N) is 4. The van der Waals surface area contributed by atoms with Gasteiger partial charge in [-0.15, -0.1) is 0 Å². The largest absolute Gasteiger partial charge is 0.331 e. The maximum atomic E-state index is 11.6. The fourth-order valence-corrected chi connectivity index (χ4v) is 1.95. The second-order valence-electron chi connectivity index (χ2n) is 5.03. The SMILES string of the molecule is O=C(NN=Cc1ccccc1[N+](=O)[O-])C(=O)N/N=C\c1ccccc1[N+](=O)[O-]. The van der Waals surface area contributed by atoms with E-state index in [9.17, 15) is 29.8 Å². The van der Waals surface area contributed by atoms with E-state index in [4.69, 9.17) is 0 Å². The van der Waals surface area contributed by atoms with Crippen molar-refractivity contribution in [2.75, 3.05) is 0 Å². The molecule has 2 amide bonds. The second kappa shape index (κ2) is 9.28. The number of rotatable bonds is 6. The summed E-state index contributed by atoms with van der Waals surface area (Å²) in [5.41, 5.74) is 3.59. The average molecular weight is 384 g/mol. The molecule has 0 saturated carbocycles. The van der Waals surface area contributed by atoms with Gasteiger partial charge in [-0.05, 0) is 12.1 Å². The summed E-state index contributed by atoms with van der Waals surface area (Å²) >= 11 is 0. The van der Waals surface area contributed by atoms with E-state index in [0.29, 0.717) is 0 Å². The third kappa shape index (κ3) is 5.26. The minimum absolute atomic E-state index is 0.127. The fourth-order valence-electron chi connectivity index (χ4n) is 1.95. The number of nitrogens with one attached hydrogen (secondary N) is 2. The van der Waals surface area contributed by atoms with Crippen LogP contribution in [0.15, 0.2) is 58.7 Å². The Kier molecular flexibility index (Phi) is 6.58. The Balaban J connectivity index is 1.95. The average Bonchev–Trinajstić information content (AvgIpc) is 2.68. The molecule has 142 valence electrons. The number of carbonyl (C=O) groups is 2. The number of carbonyl (C=O) groups excluding carboxylic acids is 2. The standard InChI is InChI=1S/C16H12N6O6/c23-15(19-17-9-11-5-1-3-7-13(11)21(25)26)16(24)20-18-10-12-6-2-4-8-14(12)22(27)28/h1-10H,(H,19,23)(H,20,24)/b17-9-,18-10?. The molecule has 28 heavy (non-hydrogen) atoms. The molecule has 0 aliphatic rings. The van der Waals surface area contributed by atoms with Crippen molar-refractivity contribution in [1.29, 1.82) is 0 Å². The van der Waals surface area contributed by atoms with Crippen LogP contribution in [0.4, 0.5) is 11.4 Å². The summed E-state index contributed by atoms with van der Waals surface area (Å²) < 4.78 is 0. The Hall–Kier alpha value is -4.48. The zero-order valence-electron chi connectivity index (χ0n) is 14.0. The highest BCUT2D eigenvalue weighted by Crippen LogP contribution is 2.15. The van der Waals surface area contributed by atoms with Crippen molar-refractivity contribution in [3.8, 4) is 0 Å². The first-order valence-corrected chi connectivity index (χ1v) is 7.53. The number of nitro groups is 2. The molecule has 2 aromatic rings. The Morgan fingerprint density at radius 3 is 1.46 bits per heavy atom. The summed E-state index contributed by atoms with van der Waals surface area (Å²) in [6, 6.07) is 11.4. The van der Waals surface area contributed by atoms with Crippen molar-refractivity contribution < 1.29 is 19.4 Å². The molecule has 0 unspecified atom stereocenters. The van der Waals surface area contributed by atoms with Crippen LogP contribution in [0.5, 0.6) is 0 Å². The number of hydrazone groups is 2. The molecule has 0 atom stereocenters. The van der Waals surface area contributed by atoms with Crippen molar-refractivity contribution in [3.63, 3.8) is 0 Å². The smallest absolute Gasteiger partial charge is 0.262 e. The van der Waals surface area contributed by atoms with Gasteiger partial charge in [-0.2, -0.15) is 10.2 Å². The van der Waals surface area contributed by atoms with Crippen molar-refractivity contribution in [2.45, 2.75) is 0 Å². The van der Waals surface area contributed by atoms with Gasteiger partial charge in [-0.1, -0.05) is 24.3 Å². The van der Waals surface area contributed by atoms with Gasteiger partial charge in [0, 0.05) is 12.1 Å². The van der Waals surface area contributed by atoms with Crippen LogP contribution in [-0.4, -0.2) is 34.1 Å². The van der Waals surface area contributed by atoms with E-state index in [2.05, 4.69) is 10.2 Å². The van der Waals surface area contributed by atoms with E-state index in [0.717, 1.165) is 12.4 Å². The summed E-state index contributed by atoms with van der Waals surface area (Å²) in [6.45, 7) is 0. The van der Waals surface area contributed by atoms with E-state index < -0.39 is 21.7 Å². The third-order valence-corrected chi connectivity index (χ3v) is 3.21. The number of benzene rings is 2. The number of amides is 2. The van der Waals surface area contributed by atoms with Gasteiger partial charge in [0.2, 0.25) is 0 Å². The highest BCUT2D eigenvalue weighted by molar-refractivity contribution is 6.35. The van der Waals surface area contributed by atoms with Crippen molar-refractivity contribution in [2.24, 2.45) is 10.2 Å². The van der Waals surface area contributed by atoms with Gasteiger partial charge in [0.15, 0.2) is 0 Å². The van der Waals surface area contributed by atoms with Gasteiger partial charge in [0.05, 0.1) is 33.4 Å². The van der Waals surface area contributed by atoms with Gasteiger partial charge < -0.3 is 0 Å². The fraction of sp³-hybridized carbons (Fsp3) is 0. The topological polar surface area (TPSA) is 169 Å². The van der Waals surface area contributed by atoms with Crippen LogP contribution in [0.1, 0.15) is 11.1 Å². The number of nitro benzene ring substituents is 2. The van der Waals surface area contributed by atoms with Crippen LogP contribution in [-0.2, 0) is 9.59 Å². The molecular weight excluding hydrogens is 372 g/mol. The van der Waals surface area contributed by atoms with E-state index in [1.54, 1.807) is 12.1 Å². The predicted octanol–water partition coefficient (Wildman–Crippen LogP) is 1.10. The highest BCUT2D eigenvalue weighted by Gasteiger charge is 2.14. The Morgan fingerprint density at radius 2 is 1.11 bits per heavy atom. The van der Waals surface area contributed by atoms with Crippen LogP contribution in [0.3, 0.4) is 0 Å². The first kappa shape index (κ1) is 19.8. The molecule has 2 N–H and O–H groups in total. The van der Waals surface area contributed by atoms with Crippen molar-refractivity contribution in [3.05, 3.63) is 79.9 Å². The normalized spacial score (nSPS) is 10.7. The molecule has 0 aliphatic heterocycles.